The molecule has 0 saturated heterocycles. The van der Waals surface area contributed by atoms with Crippen molar-refractivity contribution in [3.05, 3.63) is 35.7 Å². The lowest BCUT2D eigenvalue weighted by Gasteiger charge is -2.24. The Hall–Kier alpha value is -2.01. The van der Waals surface area contributed by atoms with Gasteiger partial charge in [-0.1, -0.05) is 31.7 Å². The molecule has 2 aromatic heterocycles. The Bertz CT molecular complexity index is 678. The Labute approximate surface area is 143 Å². The summed E-state index contributed by atoms with van der Waals surface area (Å²) in [5.41, 5.74) is 3.25. The van der Waals surface area contributed by atoms with Crippen molar-refractivity contribution in [3.8, 4) is 11.5 Å². The van der Waals surface area contributed by atoms with E-state index in [2.05, 4.69) is 15.6 Å². The zero-order chi connectivity index (χ0) is 16.2. The fourth-order valence-corrected chi connectivity index (χ4v) is 3.71. The minimum Gasteiger partial charge on any atom is -0.367 e. The van der Waals surface area contributed by atoms with Crippen LogP contribution in [0.15, 0.2) is 24.4 Å². The molecule has 0 amide bonds. The van der Waals surface area contributed by atoms with Crippen LogP contribution in [-0.4, -0.2) is 27.5 Å². The quantitative estimate of drug-likeness (QED) is 0.849. The summed E-state index contributed by atoms with van der Waals surface area (Å²) in [6.07, 6.45) is 10.7. The van der Waals surface area contributed by atoms with Gasteiger partial charge in [0.25, 0.3) is 0 Å². The van der Waals surface area contributed by atoms with Gasteiger partial charge in [-0.3, -0.25) is 4.98 Å². The first-order chi connectivity index (χ1) is 11.9. The van der Waals surface area contributed by atoms with Gasteiger partial charge in [-0.2, -0.15) is 0 Å². The van der Waals surface area contributed by atoms with Gasteiger partial charge in [-0.15, -0.1) is 0 Å². The third-order valence-corrected chi connectivity index (χ3v) is 5.03. The number of nitrogens with one attached hydrogen (secondary N) is 2. The van der Waals surface area contributed by atoms with Crippen molar-refractivity contribution in [1.29, 1.82) is 0 Å². The van der Waals surface area contributed by atoms with Crippen molar-refractivity contribution in [3.63, 3.8) is 0 Å². The van der Waals surface area contributed by atoms with Crippen molar-refractivity contribution in [1.82, 2.24) is 20.3 Å². The molecule has 126 valence electrons. The standard InChI is InChI=1S/C19H25N5/c1-2-4-8-14(7-3-1)22-18-15-10-12-20-13-17(15)23-19(24-18)16-9-5-6-11-21-16/h5-6,9,11,14,20H,1-4,7-8,10,12-13H2,(H,22,23,24). The van der Waals surface area contributed by atoms with Gasteiger partial charge in [0, 0.05) is 24.3 Å². The first kappa shape index (κ1) is 15.5. The summed E-state index contributed by atoms with van der Waals surface area (Å²) in [5.74, 6) is 1.77. The van der Waals surface area contributed by atoms with E-state index >= 15 is 0 Å². The van der Waals surface area contributed by atoms with E-state index in [1.54, 1.807) is 6.20 Å². The maximum atomic E-state index is 4.87. The van der Waals surface area contributed by atoms with Gasteiger partial charge in [0.2, 0.25) is 0 Å². The number of hydrogen-bond acceptors (Lipinski definition) is 5. The molecule has 3 heterocycles. The largest absolute Gasteiger partial charge is 0.367 e. The van der Waals surface area contributed by atoms with E-state index in [1.165, 1.54) is 44.1 Å². The molecule has 5 nitrogen and oxygen atoms in total. The summed E-state index contributed by atoms with van der Waals surface area (Å²) in [6, 6.07) is 6.43. The van der Waals surface area contributed by atoms with Gasteiger partial charge in [-0.05, 0) is 37.9 Å². The summed E-state index contributed by atoms with van der Waals surface area (Å²) in [5, 5.41) is 7.17. The Morgan fingerprint density at radius 1 is 1.04 bits per heavy atom. The fourth-order valence-electron chi connectivity index (χ4n) is 3.71. The van der Waals surface area contributed by atoms with Crippen LogP contribution in [-0.2, 0) is 13.0 Å². The molecule has 2 aromatic rings. The molecular formula is C19H25N5. The molecule has 0 aromatic carbocycles. The van der Waals surface area contributed by atoms with E-state index in [1.807, 2.05) is 18.2 Å². The van der Waals surface area contributed by atoms with E-state index in [9.17, 15) is 0 Å². The molecule has 0 bridgehead atoms. The Balaban J connectivity index is 1.68. The summed E-state index contributed by atoms with van der Waals surface area (Å²) in [4.78, 5) is 14.1. The Kier molecular flexibility index (Phi) is 4.69. The van der Waals surface area contributed by atoms with Crippen LogP contribution in [0.2, 0.25) is 0 Å². The van der Waals surface area contributed by atoms with Crippen molar-refractivity contribution in [2.45, 2.75) is 57.5 Å². The minimum atomic E-state index is 0.540. The third-order valence-electron chi connectivity index (χ3n) is 5.03. The Morgan fingerprint density at radius 3 is 2.71 bits per heavy atom. The zero-order valence-electron chi connectivity index (χ0n) is 14.1. The van der Waals surface area contributed by atoms with Crippen molar-refractivity contribution >= 4 is 5.82 Å². The predicted molar refractivity (Wildman–Crippen MR) is 95.8 cm³/mol. The predicted octanol–water partition coefficient (Wildman–Crippen LogP) is 3.32. The van der Waals surface area contributed by atoms with Gasteiger partial charge < -0.3 is 10.6 Å². The number of rotatable bonds is 3. The molecule has 1 saturated carbocycles. The van der Waals surface area contributed by atoms with Gasteiger partial charge in [0.15, 0.2) is 5.82 Å². The molecule has 5 heteroatoms. The topological polar surface area (TPSA) is 62.7 Å². The second-order valence-electron chi connectivity index (χ2n) is 6.80. The molecule has 1 aliphatic heterocycles. The summed E-state index contributed by atoms with van der Waals surface area (Å²) in [6.45, 7) is 1.82. The molecule has 2 aliphatic rings. The van der Waals surface area contributed by atoms with E-state index < -0.39 is 0 Å². The summed E-state index contributed by atoms with van der Waals surface area (Å²) < 4.78 is 0. The lowest BCUT2D eigenvalue weighted by atomic mass is 10.0. The van der Waals surface area contributed by atoms with Crippen LogP contribution in [0, 0.1) is 0 Å². The van der Waals surface area contributed by atoms with E-state index in [-0.39, 0.29) is 0 Å². The first-order valence-corrected chi connectivity index (χ1v) is 9.18. The lowest BCUT2D eigenvalue weighted by molar-refractivity contribution is 0.603. The van der Waals surface area contributed by atoms with Crippen LogP contribution < -0.4 is 10.6 Å². The second-order valence-corrected chi connectivity index (χ2v) is 6.80. The maximum absolute atomic E-state index is 4.87. The number of hydrogen-bond donors (Lipinski definition) is 2. The molecular weight excluding hydrogens is 298 g/mol. The molecule has 0 spiro atoms. The average molecular weight is 323 g/mol. The minimum absolute atomic E-state index is 0.540. The van der Waals surface area contributed by atoms with Crippen LogP contribution in [0.5, 0.6) is 0 Å². The zero-order valence-corrected chi connectivity index (χ0v) is 14.1. The number of anilines is 1. The molecule has 0 atom stereocenters. The normalized spacial score (nSPS) is 18.7. The molecule has 0 unspecified atom stereocenters. The van der Waals surface area contributed by atoms with Gasteiger partial charge in [0.05, 0.1) is 5.69 Å². The first-order valence-electron chi connectivity index (χ1n) is 9.18. The number of nitrogens with zero attached hydrogens (tertiary/aromatic N) is 3. The van der Waals surface area contributed by atoms with Crippen molar-refractivity contribution in [2.24, 2.45) is 0 Å². The molecule has 24 heavy (non-hydrogen) atoms. The van der Waals surface area contributed by atoms with Crippen LogP contribution in [0.3, 0.4) is 0 Å². The third kappa shape index (κ3) is 3.41. The molecule has 0 radical (unpaired) electrons. The van der Waals surface area contributed by atoms with E-state index in [4.69, 9.17) is 9.97 Å². The second kappa shape index (κ2) is 7.26. The van der Waals surface area contributed by atoms with Crippen LogP contribution in [0.25, 0.3) is 11.5 Å². The number of fused-ring (bicyclic) bond motifs is 1. The monoisotopic (exact) mass is 323 g/mol. The maximum Gasteiger partial charge on any atom is 0.180 e. The highest BCUT2D eigenvalue weighted by molar-refractivity contribution is 5.57. The van der Waals surface area contributed by atoms with Crippen LogP contribution in [0.1, 0.15) is 49.8 Å². The number of aromatic nitrogens is 3. The highest BCUT2D eigenvalue weighted by Crippen LogP contribution is 2.27. The van der Waals surface area contributed by atoms with Crippen LogP contribution in [0.4, 0.5) is 5.82 Å². The molecule has 4 rings (SSSR count). The van der Waals surface area contributed by atoms with Crippen molar-refractivity contribution in [2.75, 3.05) is 11.9 Å². The average Bonchev–Trinajstić information content (AvgIpc) is 2.91. The summed E-state index contributed by atoms with van der Waals surface area (Å²) in [7, 11) is 0. The van der Waals surface area contributed by atoms with E-state index in [0.717, 1.165) is 42.5 Å². The molecule has 2 N–H and O–H groups in total. The number of pyridine rings is 1. The van der Waals surface area contributed by atoms with Crippen LogP contribution >= 0.6 is 0 Å². The highest BCUT2D eigenvalue weighted by Gasteiger charge is 2.21. The summed E-state index contributed by atoms with van der Waals surface area (Å²) >= 11 is 0. The SMILES string of the molecule is c1ccc(-c2nc3c(c(NC4CCCCCC4)n2)CCNC3)nc1. The Morgan fingerprint density at radius 2 is 1.92 bits per heavy atom. The van der Waals surface area contributed by atoms with E-state index in [0.29, 0.717) is 6.04 Å². The lowest BCUT2D eigenvalue weighted by Crippen LogP contribution is -2.28. The van der Waals surface area contributed by atoms with Gasteiger partial charge >= 0.3 is 0 Å². The molecule has 1 aliphatic carbocycles. The smallest absolute Gasteiger partial charge is 0.180 e. The van der Waals surface area contributed by atoms with Gasteiger partial charge in [0.1, 0.15) is 11.5 Å². The van der Waals surface area contributed by atoms with Crippen molar-refractivity contribution < 1.29 is 0 Å². The highest BCUT2D eigenvalue weighted by atomic mass is 15.1. The van der Waals surface area contributed by atoms with Gasteiger partial charge in [-0.25, -0.2) is 9.97 Å². The molecule has 1 fully saturated rings. The fraction of sp³-hybridized carbons (Fsp3) is 0.526.